The molecule has 0 saturated heterocycles. The molecule has 1 aromatic heterocycles. The van der Waals surface area contributed by atoms with Crippen LogP contribution < -0.4 is 31.0 Å². The van der Waals surface area contributed by atoms with Crippen molar-refractivity contribution < 1.29 is 31.0 Å². The minimum Gasteiger partial charge on any atom is -1.00 e. The highest BCUT2D eigenvalue weighted by molar-refractivity contribution is 9.10. The van der Waals surface area contributed by atoms with Crippen molar-refractivity contribution in [3.05, 3.63) is 87.1 Å². The van der Waals surface area contributed by atoms with Gasteiger partial charge in [-0.25, -0.2) is 9.13 Å². The van der Waals surface area contributed by atoms with Gasteiger partial charge >= 0.3 is 0 Å². The molecule has 4 nitrogen and oxygen atoms in total. The van der Waals surface area contributed by atoms with Gasteiger partial charge in [0.15, 0.2) is 11.0 Å². The molecule has 2 aliphatic heterocycles. The third-order valence-corrected chi connectivity index (χ3v) is 7.10. The Balaban J connectivity index is 0.00000216. The van der Waals surface area contributed by atoms with Crippen molar-refractivity contribution in [1.82, 2.24) is 4.57 Å². The van der Waals surface area contributed by atoms with E-state index in [4.69, 9.17) is 9.47 Å². The molecule has 6 rings (SSSR count). The third kappa shape index (κ3) is 3.54. The van der Waals surface area contributed by atoms with Gasteiger partial charge < -0.3 is 26.5 Å². The van der Waals surface area contributed by atoms with Crippen molar-refractivity contribution in [2.45, 2.75) is 32.9 Å². The van der Waals surface area contributed by atoms with Crippen LogP contribution in [0.3, 0.4) is 0 Å². The second-order valence-corrected chi connectivity index (χ2v) is 9.27. The number of ether oxygens (including phenoxy) is 2. The number of aromatic nitrogens is 2. The number of hydrogen-bond donors (Lipinski definition) is 0. The average molecular weight is 556 g/mol. The number of nitrogens with zero attached hydrogens (tertiary/aromatic N) is 2. The van der Waals surface area contributed by atoms with E-state index in [0.29, 0.717) is 0 Å². The molecule has 0 atom stereocenters. The first-order valence-corrected chi connectivity index (χ1v) is 11.6. The molecule has 0 fully saturated rings. The monoisotopic (exact) mass is 554 g/mol. The average Bonchev–Trinajstić information content (AvgIpc) is 3.50. The highest BCUT2D eigenvalue weighted by Crippen LogP contribution is 2.41. The van der Waals surface area contributed by atoms with Crippen LogP contribution in [-0.2, 0) is 25.9 Å². The number of rotatable bonds is 4. The Kier molecular flexibility index (Phi) is 5.76. The Hall–Kier alpha value is -2.31. The fraction of sp³-hybridized carbons (Fsp3) is 0.269. The number of imidazole rings is 1. The van der Waals surface area contributed by atoms with Crippen molar-refractivity contribution in [3.63, 3.8) is 0 Å². The van der Waals surface area contributed by atoms with Crippen LogP contribution in [0.4, 0.5) is 0 Å². The van der Waals surface area contributed by atoms with Crippen molar-refractivity contribution in [2.24, 2.45) is 0 Å². The molecule has 0 saturated carbocycles. The zero-order chi connectivity index (χ0) is 20.9. The van der Waals surface area contributed by atoms with E-state index in [1.165, 1.54) is 39.1 Å². The van der Waals surface area contributed by atoms with Gasteiger partial charge in [-0.1, -0.05) is 40.2 Å². The summed E-state index contributed by atoms with van der Waals surface area (Å²) >= 11 is 3.54. The Morgan fingerprint density at radius 3 is 2.62 bits per heavy atom. The third-order valence-electron chi connectivity index (χ3n) is 6.57. The summed E-state index contributed by atoms with van der Waals surface area (Å²) in [5.41, 5.74) is 7.69. The fourth-order valence-corrected chi connectivity index (χ4v) is 5.26. The van der Waals surface area contributed by atoms with E-state index in [-0.39, 0.29) is 17.0 Å². The summed E-state index contributed by atoms with van der Waals surface area (Å²) in [6.07, 6.45) is 1.92. The standard InChI is InChI=1S/C26H24BrN2O2.BrH/c1-17-28(15-18-6-8-20(27)9-7-18)23-4-2-3-5-24(23)29(17)16-22-21-11-13-30-25(21)14-19-10-12-31-26(19)22;/h2-9,14H,10-13,15-16H2,1H3;1H/q+1;/p-1. The maximum atomic E-state index is 6.11. The number of benzene rings is 3. The highest BCUT2D eigenvalue weighted by Gasteiger charge is 2.30. The van der Waals surface area contributed by atoms with Crippen LogP contribution in [0.15, 0.2) is 59.1 Å². The number of para-hydroxylation sites is 2. The lowest BCUT2D eigenvalue weighted by Gasteiger charge is -2.12. The molecule has 6 heteroatoms. The number of halogens is 2. The molecule has 3 aromatic carbocycles. The van der Waals surface area contributed by atoms with Gasteiger partial charge in [0, 0.05) is 40.9 Å². The van der Waals surface area contributed by atoms with Crippen LogP contribution in [0.2, 0.25) is 0 Å². The van der Waals surface area contributed by atoms with Crippen molar-refractivity contribution in [2.75, 3.05) is 13.2 Å². The zero-order valence-electron chi connectivity index (χ0n) is 17.9. The smallest absolute Gasteiger partial charge is 0.254 e. The first-order valence-electron chi connectivity index (χ1n) is 10.8. The zero-order valence-corrected chi connectivity index (χ0v) is 21.1. The second kappa shape index (κ2) is 8.56. The van der Waals surface area contributed by atoms with E-state index in [2.05, 4.69) is 86.6 Å². The normalized spacial score (nSPS) is 13.9. The summed E-state index contributed by atoms with van der Waals surface area (Å²) in [6, 6.07) is 19.5. The molecule has 4 aromatic rings. The van der Waals surface area contributed by atoms with Gasteiger partial charge in [-0.05, 0) is 35.9 Å². The van der Waals surface area contributed by atoms with Crippen LogP contribution in [0, 0.1) is 6.92 Å². The summed E-state index contributed by atoms with van der Waals surface area (Å²) in [7, 11) is 0. The van der Waals surface area contributed by atoms with Crippen molar-refractivity contribution in [1.29, 1.82) is 0 Å². The maximum absolute atomic E-state index is 6.11. The molecule has 0 aliphatic carbocycles. The highest BCUT2D eigenvalue weighted by atomic mass is 79.9. The van der Waals surface area contributed by atoms with E-state index in [1.807, 2.05) is 0 Å². The first-order chi connectivity index (χ1) is 15.2. The van der Waals surface area contributed by atoms with E-state index in [9.17, 15) is 0 Å². The lowest BCUT2D eigenvalue weighted by atomic mass is 9.99. The van der Waals surface area contributed by atoms with E-state index >= 15 is 0 Å². The molecular formula is C26H24Br2N2O2. The molecule has 0 unspecified atom stereocenters. The molecule has 32 heavy (non-hydrogen) atoms. The van der Waals surface area contributed by atoms with E-state index < -0.39 is 0 Å². The predicted molar refractivity (Wildman–Crippen MR) is 124 cm³/mol. The summed E-state index contributed by atoms with van der Waals surface area (Å²) in [5, 5.41) is 0. The van der Waals surface area contributed by atoms with Crippen LogP contribution >= 0.6 is 15.9 Å². The topological polar surface area (TPSA) is 27.3 Å². The molecule has 0 radical (unpaired) electrons. The minimum atomic E-state index is 0. The van der Waals surface area contributed by atoms with Gasteiger partial charge in [0.25, 0.3) is 5.82 Å². The second-order valence-electron chi connectivity index (χ2n) is 8.35. The Morgan fingerprint density at radius 1 is 1.00 bits per heavy atom. The summed E-state index contributed by atoms with van der Waals surface area (Å²) in [5.74, 6) is 3.38. The number of hydrogen-bond acceptors (Lipinski definition) is 2. The molecule has 0 bridgehead atoms. The van der Waals surface area contributed by atoms with Crippen LogP contribution in [0.1, 0.15) is 28.1 Å². The van der Waals surface area contributed by atoms with Crippen LogP contribution in [0.25, 0.3) is 11.0 Å². The van der Waals surface area contributed by atoms with Crippen LogP contribution in [0.5, 0.6) is 11.5 Å². The van der Waals surface area contributed by atoms with Gasteiger partial charge in [0.05, 0.1) is 13.2 Å². The SMILES string of the molecule is Cc1n(Cc2c3c(cc4c2OCC4)OCC3)c2ccccc2[n+]1Cc1ccc(Br)cc1.[Br-]. The summed E-state index contributed by atoms with van der Waals surface area (Å²) in [4.78, 5) is 0. The fourth-order valence-electron chi connectivity index (χ4n) is 5.00. The predicted octanol–water partition coefficient (Wildman–Crippen LogP) is 1.97. The number of fused-ring (bicyclic) bond motifs is 3. The summed E-state index contributed by atoms with van der Waals surface area (Å²) in [6.45, 7) is 5.39. The van der Waals surface area contributed by atoms with E-state index in [0.717, 1.165) is 55.1 Å². The Morgan fingerprint density at radius 2 is 1.78 bits per heavy atom. The quantitative estimate of drug-likeness (QED) is 0.360. The first kappa shape index (κ1) is 21.5. The van der Waals surface area contributed by atoms with Crippen molar-refractivity contribution in [3.8, 4) is 11.5 Å². The summed E-state index contributed by atoms with van der Waals surface area (Å²) < 4.78 is 18.0. The molecule has 0 N–H and O–H groups in total. The van der Waals surface area contributed by atoms with Crippen LogP contribution in [-0.4, -0.2) is 17.8 Å². The van der Waals surface area contributed by atoms with Gasteiger partial charge in [-0.15, -0.1) is 0 Å². The largest absolute Gasteiger partial charge is 1.00 e. The van der Waals surface area contributed by atoms with Crippen molar-refractivity contribution >= 4 is 27.0 Å². The Labute approximate surface area is 206 Å². The molecular weight excluding hydrogens is 532 g/mol. The lowest BCUT2D eigenvalue weighted by molar-refractivity contribution is -0.669. The van der Waals surface area contributed by atoms with Gasteiger partial charge in [0.2, 0.25) is 0 Å². The Bertz CT molecular complexity index is 1280. The molecule has 2 aliphatic rings. The maximum Gasteiger partial charge on any atom is 0.254 e. The minimum absolute atomic E-state index is 0. The lowest BCUT2D eigenvalue weighted by Crippen LogP contribution is -3.00. The molecule has 0 amide bonds. The molecule has 0 spiro atoms. The van der Waals surface area contributed by atoms with E-state index in [1.54, 1.807) is 0 Å². The van der Waals surface area contributed by atoms with Gasteiger partial charge in [0.1, 0.15) is 24.6 Å². The molecule has 164 valence electrons. The van der Waals surface area contributed by atoms with Gasteiger partial charge in [-0.3, -0.25) is 0 Å². The molecule has 3 heterocycles. The van der Waals surface area contributed by atoms with Gasteiger partial charge in [-0.2, -0.15) is 0 Å².